The van der Waals surface area contributed by atoms with Gasteiger partial charge in [-0.15, -0.1) is 0 Å². The Morgan fingerprint density at radius 1 is 1.03 bits per heavy atom. The van der Waals surface area contributed by atoms with Crippen molar-refractivity contribution in [2.45, 2.75) is 18.7 Å². The molecule has 4 rings (SSSR count). The fourth-order valence-corrected chi connectivity index (χ4v) is 5.22. The van der Waals surface area contributed by atoms with Crippen LogP contribution in [-0.4, -0.2) is 37.5 Å². The van der Waals surface area contributed by atoms with Crippen molar-refractivity contribution in [1.29, 1.82) is 0 Å². The Bertz CT molecular complexity index is 1310. The number of carbonyl (C=O) groups excluding carboxylic acids is 1. The summed E-state index contributed by atoms with van der Waals surface area (Å²) < 4.78 is 27.6. The molecular formula is C24H22ClN3O3S. The molecule has 0 saturated heterocycles. The number of nitrogens with zero attached hydrogens (tertiary/aromatic N) is 3. The van der Waals surface area contributed by atoms with Crippen LogP contribution in [0.25, 0.3) is 0 Å². The van der Waals surface area contributed by atoms with Gasteiger partial charge in [0.15, 0.2) is 0 Å². The minimum absolute atomic E-state index is 0.0714. The van der Waals surface area contributed by atoms with Crippen LogP contribution in [0.15, 0.2) is 82.8 Å². The molecule has 6 nitrogen and oxygen atoms in total. The van der Waals surface area contributed by atoms with Crippen LogP contribution in [0.1, 0.15) is 23.6 Å². The number of likely N-dealkylation sites (N-methyl/N-ethyl adjacent to an activating group) is 1. The molecule has 1 heterocycles. The molecule has 0 spiro atoms. The zero-order valence-electron chi connectivity index (χ0n) is 17.7. The monoisotopic (exact) mass is 467 g/mol. The van der Waals surface area contributed by atoms with Gasteiger partial charge in [-0.1, -0.05) is 54.1 Å². The molecule has 0 saturated carbocycles. The van der Waals surface area contributed by atoms with E-state index in [-0.39, 0.29) is 10.8 Å². The molecule has 0 unspecified atom stereocenters. The molecule has 0 bridgehead atoms. The van der Waals surface area contributed by atoms with Crippen molar-refractivity contribution in [3.8, 4) is 0 Å². The number of anilines is 1. The summed E-state index contributed by atoms with van der Waals surface area (Å²) in [4.78, 5) is 14.8. The van der Waals surface area contributed by atoms with Crippen molar-refractivity contribution in [1.82, 2.24) is 4.41 Å². The summed E-state index contributed by atoms with van der Waals surface area (Å²) >= 11 is 6.16. The summed E-state index contributed by atoms with van der Waals surface area (Å²) in [5.41, 5.74) is 3.32. The molecule has 164 valence electrons. The summed E-state index contributed by atoms with van der Waals surface area (Å²) in [6.45, 7) is 3.77. The number of halogens is 1. The third-order valence-electron chi connectivity index (χ3n) is 5.21. The molecule has 8 heteroatoms. The normalized spacial score (nSPS) is 14.5. The van der Waals surface area contributed by atoms with E-state index >= 15 is 0 Å². The fourth-order valence-electron chi connectivity index (χ4n) is 3.67. The molecule has 1 aliphatic heterocycles. The highest BCUT2D eigenvalue weighted by molar-refractivity contribution is 7.89. The van der Waals surface area contributed by atoms with Crippen molar-refractivity contribution in [3.05, 3.63) is 94.5 Å². The van der Waals surface area contributed by atoms with Crippen LogP contribution >= 0.6 is 11.6 Å². The first-order valence-corrected chi connectivity index (χ1v) is 12.0. The number of carbonyl (C=O) groups is 1. The van der Waals surface area contributed by atoms with E-state index in [0.717, 1.165) is 15.5 Å². The predicted octanol–water partition coefficient (Wildman–Crippen LogP) is 4.46. The molecule has 3 aromatic carbocycles. The number of amides is 1. The van der Waals surface area contributed by atoms with Gasteiger partial charge in [-0.05, 0) is 49.7 Å². The SMILES string of the molecule is CCN(C(=O)CN1N=C(c2ccccc2)c2cc(Cl)ccc2S1(=O)=O)c1cccc(C)c1. The van der Waals surface area contributed by atoms with E-state index in [1.165, 1.54) is 12.1 Å². The van der Waals surface area contributed by atoms with Crippen LogP contribution in [0.3, 0.4) is 0 Å². The van der Waals surface area contributed by atoms with Crippen LogP contribution in [0.5, 0.6) is 0 Å². The van der Waals surface area contributed by atoms with E-state index in [1.807, 2.05) is 68.4 Å². The maximum absolute atomic E-state index is 13.3. The molecule has 1 amide bonds. The van der Waals surface area contributed by atoms with Crippen molar-refractivity contribution < 1.29 is 13.2 Å². The molecule has 0 aliphatic carbocycles. The number of hydrogen-bond donors (Lipinski definition) is 0. The Labute approximate surface area is 192 Å². The van der Waals surface area contributed by atoms with Gasteiger partial charge in [-0.25, -0.2) is 0 Å². The average molecular weight is 468 g/mol. The van der Waals surface area contributed by atoms with E-state index in [4.69, 9.17) is 11.6 Å². The van der Waals surface area contributed by atoms with E-state index in [2.05, 4.69) is 5.10 Å². The van der Waals surface area contributed by atoms with Crippen LogP contribution in [0.4, 0.5) is 5.69 Å². The lowest BCUT2D eigenvalue weighted by Crippen LogP contribution is -2.43. The summed E-state index contributed by atoms with van der Waals surface area (Å²) in [7, 11) is -4.03. The lowest BCUT2D eigenvalue weighted by atomic mass is 10.0. The third-order valence-corrected chi connectivity index (χ3v) is 7.12. The molecular weight excluding hydrogens is 446 g/mol. The first-order chi connectivity index (χ1) is 15.3. The number of aryl methyl sites for hydroxylation is 1. The Balaban J connectivity index is 1.76. The van der Waals surface area contributed by atoms with Gasteiger partial charge in [0.25, 0.3) is 10.0 Å². The number of hydrazone groups is 1. The van der Waals surface area contributed by atoms with Gasteiger partial charge in [-0.2, -0.15) is 17.9 Å². The van der Waals surface area contributed by atoms with Crippen LogP contribution in [0.2, 0.25) is 5.02 Å². The summed E-state index contributed by atoms with van der Waals surface area (Å²) in [6, 6.07) is 21.3. The highest BCUT2D eigenvalue weighted by Gasteiger charge is 2.35. The first kappa shape index (κ1) is 22.0. The van der Waals surface area contributed by atoms with Crippen LogP contribution in [-0.2, 0) is 14.8 Å². The summed E-state index contributed by atoms with van der Waals surface area (Å²) in [5.74, 6) is -0.366. The second kappa shape index (κ2) is 8.76. The van der Waals surface area contributed by atoms with Gasteiger partial charge in [0, 0.05) is 28.4 Å². The predicted molar refractivity (Wildman–Crippen MR) is 127 cm³/mol. The highest BCUT2D eigenvalue weighted by atomic mass is 35.5. The lowest BCUT2D eigenvalue weighted by Gasteiger charge is -2.29. The van der Waals surface area contributed by atoms with E-state index in [9.17, 15) is 13.2 Å². The highest BCUT2D eigenvalue weighted by Crippen LogP contribution is 2.31. The molecule has 1 aliphatic rings. The minimum Gasteiger partial charge on any atom is -0.311 e. The molecule has 0 atom stereocenters. The van der Waals surface area contributed by atoms with Gasteiger partial charge >= 0.3 is 0 Å². The fraction of sp³-hybridized carbons (Fsp3) is 0.167. The molecule has 32 heavy (non-hydrogen) atoms. The molecule has 0 fully saturated rings. The Morgan fingerprint density at radius 2 is 1.78 bits per heavy atom. The smallest absolute Gasteiger partial charge is 0.280 e. The van der Waals surface area contributed by atoms with Crippen LogP contribution < -0.4 is 4.90 Å². The zero-order valence-corrected chi connectivity index (χ0v) is 19.3. The largest absolute Gasteiger partial charge is 0.311 e. The minimum atomic E-state index is -4.03. The van der Waals surface area contributed by atoms with Crippen molar-refractivity contribution >= 4 is 38.9 Å². The van der Waals surface area contributed by atoms with E-state index in [1.54, 1.807) is 11.0 Å². The van der Waals surface area contributed by atoms with Crippen LogP contribution in [0, 0.1) is 6.92 Å². The summed E-state index contributed by atoms with van der Waals surface area (Å²) in [5, 5.41) is 4.82. The molecule has 0 aromatic heterocycles. The Kier molecular flexibility index (Phi) is 6.04. The van der Waals surface area contributed by atoms with E-state index < -0.39 is 16.6 Å². The average Bonchev–Trinajstić information content (AvgIpc) is 2.77. The standard InChI is InChI=1S/C24H22ClN3O3S/c1-3-27(20-11-7-8-17(2)14-20)23(29)16-28-26-24(18-9-5-4-6-10-18)21-15-19(25)12-13-22(21)32(28,30)31/h4-15H,3,16H2,1-2H3. The Morgan fingerprint density at radius 3 is 2.47 bits per heavy atom. The number of benzene rings is 3. The van der Waals surface area contributed by atoms with Gasteiger partial charge in [0.2, 0.25) is 5.91 Å². The maximum Gasteiger partial charge on any atom is 0.280 e. The molecule has 3 aromatic rings. The third kappa shape index (κ3) is 4.13. The van der Waals surface area contributed by atoms with Crippen molar-refractivity contribution in [2.24, 2.45) is 5.10 Å². The number of sulfonamides is 1. The number of fused-ring (bicyclic) bond motifs is 1. The first-order valence-electron chi connectivity index (χ1n) is 10.1. The second-order valence-electron chi connectivity index (χ2n) is 7.42. The van der Waals surface area contributed by atoms with Gasteiger partial charge < -0.3 is 4.90 Å². The van der Waals surface area contributed by atoms with Gasteiger partial charge in [-0.3, -0.25) is 4.79 Å². The van der Waals surface area contributed by atoms with Gasteiger partial charge in [0.05, 0.1) is 4.90 Å². The van der Waals surface area contributed by atoms with Crippen molar-refractivity contribution in [3.63, 3.8) is 0 Å². The number of rotatable bonds is 5. The van der Waals surface area contributed by atoms with E-state index in [0.29, 0.717) is 28.5 Å². The Hall–Kier alpha value is -3.16. The maximum atomic E-state index is 13.3. The topological polar surface area (TPSA) is 70.1 Å². The lowest BCUT2D eigenvalue weighted by molar-refractivity contribution is -0.118. The summed E-state index contributed by atoms with van der Waals surface area (Å²) in [6.07, 6.45) is 0. The number of hydrogen-bond acceptors (Lipinski definition) is 4. The second-order valence-corrected chi connectivity index (χ2v) is 9.67. The van der Waals surface area contributed by atoms with Gasteiger partial charge in [0.1, 0.15) is 12.3 Å². The molecule has 0 radical (unpaired) electrons. The molecule has 0 N–H and O–H groups in total. The van der Waals surface area contributed by atoms with Crippen molar-refractivity contribution in [2.75, 3.05) is 18.0 Å². The quantitative estimate of drug-likeness (QED) is 0.556. The zero-order chi connectivity index (χ0) is 22.9.